The molecule has 0 aliphatic heterocycles. The number of non-ortho nitro benzene ring substituents is 1. The van der Waals surface area contributed by atoms with Crippen molar-refractivity contribution < 1.29 is 14.5 Å². The van der Waals surface area contributed by atoms with Crippen LogP contribution < -0.4 is 10.1 Å². The van der Waals surface area contributed by atoms with Crippen molar-refractivity contribution in [1.82, 2.24) is 10.2 Å². The summed E-state index contributed by atoms with van der Waals surface area (Å²) in [5, 5.41) is 13.8. The molecule has 0 heterocycles. The summed E-state index contributed by atoms with van der Waals surface area (Å²) in [4.78, 5) is 25.1. The van der Waals surface area contributed by atoms with Crippen molar-refractivity contribution in [2.45, 2.75) is 19.9 Å². The number of nitrogens with one attached hydrogen (secondary N) is 1. The fourth-order valence-corrected chi connectivity index (χ4v) is 3.32. The number of likely N-dealkylation sites (N-methyl/N-ethyl adjacent to an activating group) is 1. The third-order valence-electron chi connectivity index (χ3n) is 4.60. The van der Waals surface area contributed by atoms with E-state index in [9.17, 15) is 14.9 Å². The second kappa shape index (κ2) is 10.1. The van der Waals surface area contributed by atoms with Crippen LogP contribution in [-0.4, -0.2) is 42.5 Å². The van der Waals surface area contributed by atoms with Gasteiger partial charge in [0.15, 0.2) is 0 Å². The minimum atomic E-state index is -0.549. The summed E-state index contributed by atoms with van der Waals surface area (Å²) in [7, 11) is 1.61. The van der Waals surface area contributed by atoms with Crippen LogP contribution >= 0.6 is 11.6 Å². The third kappa shape index (κ3) is 5.21. The first-order valence-corrected chi connectivity index (χ1v) is 9.39. The molecule has 1 N–H and O–H groups in total. The van der Waals surface area contributed by atoms with Crippen molar-refractivity contribution in [3.8, 4) is 5.75 Å². The Labute approximate surface area is 169 Å². The number of rotatable bonds is 9. The standard InChI is InChI=1S/C20H24ClN3O4/c1-4-23(5-2)19(14-7-6-8-16(11-14)28-3)13-22-20(25)17-10-9-15(24(26)27)12-18(17)21/h6-12,19H,4-5,13H2,1-3H3,(H,22,25). The number of benzene rings is 2. The quantitative estimate of drug-likeness (QED) is 0.502. The van der Waals surface area contributed by atoms with Crippen LogP contribution in [0, 0.1) is 10.1 Å². The Bertz CT molecular complexity index is 840. The molecule has 0 radical (unpaired) electrons. The molecule has 0 aromatic heterocycles. The van der Waals surface area contributed by atoms with Crippen molar-refractivity contribution in [2.24, 2.45) is 0 Å². The maximum Gasteiger partial charge on any atom is 0.270 e. The molecule has 0 saturated heterocycles. The Morgan fingerprint density at radius 1 is 1.25 bits per heavy atom. The second-order valence-corrected chi connectivity index (χ2v) is 6.55. The van der Waals surface area contributed by atoms with E-state index in [1.165, 1.54) is 18.2 Å². The number of ether oxygens (including phenoxy) is 1. The highest BCUT2D eigenvalue weighted by molar-refractivity contribution is 6.34. The zero-order valence-corrected chi connectivity index (χ0v) is 16.9. The van der Waals surface area contributed by atoms with E-state index in [0.29, 0.717) is 6.54 Å². The van der Waals surface area contributed by atoms with Gasteiger partial charge in [0.25, 0.3) is 11.6 Å². The normalized spacial score (nSPS) is 11.9. The topological polar surface area (TPSA) is 84.7 Å². The van der Waals surface area contributed by atoms with Crippen LogP contribution in [-0.2, 0) is 0 Å². The molecule has 0 aliphatic rings. The van der Waals surface area contributed by atoms with Gasteiger partial charge in [-0.2, -0.15) is 0 Å². The number of nitrogens with zero attached hydrogens (tertiary/aromatic N) is 2. The first-order chi connectivity index (χ1) is 13.4. The van der Waals surface area contributed by atoms with Gasteiger partial charge in [-0.1, -0.05) is 37.6 Å². The van der Waals surface area contributed by atoms with Crippen LogP contribution in [0.4, 0.5) is 5.69 Å². The second-order valence-electron chi connectivity index (χ2n) is 6.14. The number of hydrogen-bond donors (Lipinski definition) is 1. The summed E-state index contributed by atoms with van der Waals surface area (Å²) < 4.78 is 5.31. The molecule has 1 amide bonds. The molecule has 7 nitrogen and oxygen atoms in total. The maximum atomic E-state index is 12.6. The number of carbonyl (C=O) groups excluding carboxylic acids is 1. The van der Waals surface area contributed by atoms with Crippen molar-refractivity contribution in [3.63, 3.8) is 0 Å². The monoisotopic (exact) mass is 405 g/mol. The number of carbonyl (C=O) groups is 1. The summed E-state index contributed by atoms with van der Waals surface area (Å²) in [6, 6.07) is 11.5. The van der Waals surface area contributed by atoms with Crippen LogP contribution in [0.2, 0.25) is 5.02 Å². The zero-order valence-electron chi connectivity index (χ0n) is 16.1. The van der Waals surface area contributed by atoms with Crippen LogP contribution in [0.25, 0.3) is 0 Å². The van der Waals surface area contributed by atoms with E-state index < -0.39 is 4.92 Å². The summed E-state index contributed by atoms with van der Waals surface area (Å²) in [5.74, 6) is 0.374. The number of nitro benzene ring substituents is 1. The number of methoxy groups -OCH3 is 1. The SMILES string of the molecule is CCN(CC)C(CNC(=O)c1ccc([N+](=O)[O-])cc1Cl)c1cccc(OC)c1. The van der Waals surface area contributed by atoms with E-state index in [-0.39, 0.29) is 28.2 Å². The molecule has 8 heteroatoms. The number of nitro groups is 1. The Hall–Kier alpha value is -2.64. The van der Waals surface area contributed by atoms with Gasteiger partial charge in [0.2, 0.25) is 0 Å². The largest absolute Gasteiger partial charge is 0.497 e. The predicted molar refractivity (Wildman–Crippen MR) is 109 cm³/mol. The van der Waals surface area contributed by atoms with Crippen molar-refractivity contribution in [3.05, 3.63) is 68.7 Å². The van der Waals surface area contributed by atoms with E-state index in [4.69, 9.17) is 16.3 Å². The van der Waals surface area contributed by atoms with Gasteiger partial charge in [-0.25, -0.2) is 0 Å². The van der Waals surface area contributed by atoms with Crippen LogP contribution in [0.15, 0.2) is 42.5 Å². The van der Waals surface area contributed by atoms with Gasteiger partial charge in [0.1, 0.15) is 5.75 Å². The van der Waals surface area contributed by atoms with E-state index >= 15 is 0 Å². The zero-order chi connectivity index (χ0) is 20.7. The lowest BCUT2D eigenvalue weighted by Crippen LogP contribution is -2.38. The smallest absolute Gasteiger partial charge is 0.270 e. The Morgan fingerprint density at radius 2 is 1.96 bits per heavy atom. The molecule has 2 rings (SSSR count). The van der Waals surface area contributed by atoms with E-state index in [1.54, 1.807) is 7.11 Å². The number of hydrogen-bond acceptors (Lipinski definition) is 5. The molecule has 28 heavy (non-hydrogen) atoms. The lowest BCUT2D eigenvalue weighted by atomic mass is 10.0. The van der Waals surface area contributed by atoms with Gasteiger partial charge < -0.3 is 10.1 Å². The van der Waals surface area contributed by atoms with Gasteiger partial charge in [-0.15, -0.1) is 0 Å². The first-order valence-electron chi connectivity index (χ1n) is 9.01. The van der Waals surface area contributed by atoms with Gasteiger partial charge >= 0.3 is 0 Å². The molecule has 2 aromatic rings. The van der Waals surface area contributed by atoms with Crippen LogP contribution in [0.5, 0.6) is 5.75 Å². The maximum absolute atomic E-state index is 12.6. The van der Waals surface area contributed by atoms with Crippen molar-refractivity contribution in [1.29, 1.82) is 0 Å². The lowest BCUT2D eigenvalue weighted by Gasteiger charge is -2.30. The number of halogens is 1. The molecule has 2 aromatic carbocycles. The Morgan fingerprint density at radius 3 is 2.54 bits per heavy atom. The minimum absolute atomic E-state index is 0.0486. The third-order valence-corrected chi connectivity index (χ3v) is 4.91. The molecule has 0 bridgehead atoms. The lowest BCUT2D eigenvalue weighted by molar-refractivity contribution is -0.384. The van der Waals surface area contributed by atoms with Gasteiger partial charge in [0.05, 0.1) is 28.7 Å². The average molecular weight is 406 g/mol. The van der Waals surface area contributed by atoms with Crippen LogP contribution in [0.1, 0.15) is 35.8 Å². The summed E-state index contributed by atoms with van der Waals surface area (Å²) in [5.41, 5.74) is 1.08. The summed E-state index contributed by atoms with van der Waals surface area (Å²) in [6.45, 7) is 6.11. The van der Waals surface area contributed by atoms with Crippen molar-refractivity contribution >= 4 is 23.2 Å². The first kappa shape index (κ1) is 21.7. The predicted octanol–water partition coefficient (Wildman–Crippen LogP) is 4.07. The molecule has 0 aliphatic carbocycles. The highest BCUT2D eigenvalue weighted by Crippen LogP contribution is 2.25. The fourth-order valence-electron chi connectivity index (χ4n) is 3.06. The average Bonchev–Trinajstić information content (AvgIpc) is 2.70. The Kier molecular flexibility index (Phi) is 7.78. The van der Waals surface area contributed by atoms with Gasteiger partial charge in [-0.05, 0) is 36.9 Å². The van der Waals surface area contributed by atoms with E-state index in [0.717, 1.165) is 24.4 Å². The summed E-state index contributed by atoms with van der Waals surface area (Å²) in [6.07, 6.45) is 0. The summed E-state index contributed by atoms with van der Waals surface area (Å²) >= 11 is 6.07. The molecule has 0 saturated carbocycles. The van der Waals surface area contributed by atoms with Gasteiger partial charge in [-0.3, -0.25) is 19.8 Å². The molecule has 1 unspecified atom stereocenters. The highest BCUT2D eigenvalue weighted by atomic mass is 35.5. The van der Waals surface area contributed by atoms with Crippen LogP contribution in [0.3, 0.4) is 0 Å². The molecular formula is C20H24ClN3O4. The molecular weight excluding hydrogens is 382 g/mol. The van der Waals surface area contributed by atoms with E-state index in [2.05, 4.69) is 24.1 Å². The Balaban J connectivity index is 2.20. The highest BCUT2D eigenvalue weighted by Gasteiger charge is 2.21. The molecule has 150 valence electrons. The van der Waals surface area contributed by atoms with E-state index in [1.807, 2.05) is 24.3 Å². The molecule has 1 atom stereocenters. The number of amides is 1. The van der Waals surface area contributed by atoms with Gasteiger partial charge in [0, 0.05) is 18.7 Å². The minimum Gasteiger partial charge on any atom is -0.497 e. The fraction of sp³-hybridized carbons (Fsp3) is 0.350. The molecule has 0 fully saturated rings. The molecule has 0 spiro atoms. The van der Waals surface area contributed by atoms with Crippen molar-refractivity contribution in [2.75, 3.05) is 26.7 Å².